The van der Waals surface area contributed by atoms with Crippen molar-refractivity contribution < 1.29 is 4.79 Å². The fraction of sp³-hybridized carbons (Fsp3) is 0.800. The van der Waals surface area contributed by atoms with Crippen molar-refractivity contribution in [2.24, 2.45) is 5.92 Å². The van der Waals surface area contributed by atoms with Crippen LogP contribution in [0.5, 0.6) is 0 Å². The molecule has 0 saturated heterocycles. The first-order chi connectivity index (χ1) is 9.77. The maximum atomic E-state index is 12.7. The third kappa shape index (κ3) is 3.75. The summed E-state index contributed by atoms with van der Waals surface area (Å²) in [6, 6.07) is 0. The number of amides is 1. The quantitative estimate of drug-likeness (QED) is 0.859. The van der Waals surface area contributed by atoms with Crippen molar-refractivity contribution in [1.82, 2.24) is 14.9 Å². The van der Waals surface area contributed by atoms with Gasteiger partial charge < -0.3 is 5.32 Å². The number of carbonyl (C=O) groups is 1. The fourth-order valence-corrected chi connectivity index (χ4v) is 4.14. The molecule has 1 aliphatic carbocycles. The van der Waals surface area contributed by atoms with E-state index in [0.717, 1.165) is 25.0 Å². The van der Waals surface area contributed by atoms with E-state index < -0.39 is 0 Å². The summed E-state index contributed by atoms with van der Waals surface area (Å²) in [6.07, 6.45) is 4.22. The average Bonchev–Trinajstić information content (AvgIpc) is 2.88. The number of hydrogen-bond donors (Lipinski definition) is 1. The Kier molecular flexibility index (Phi) is 4.93. The second-order valence-electron chi connectivity index (χ2n) is 7.27. The summed E-state index contributed by atoms with van der Waals surface area (Å²) >= 11 is 7.36. The molecule has 1 aromatic rings. The van der Waals surface area contributed by atoms with Crippen LogP contribution in [0.3, 0.4) is 0 Å². The molecule has 1 heterocycles. The summed E-state index contributed by atoms with van der Waals surface area (Å²) in [6.45, 7) is 8.35. The predicted molar refractivity (Wildman–Crippen MR) is 87.2 cm³/mol. The normalized spacial score (nSPS) is 26.6. The molecule has 0 spiro atoms. The Morgan fingerprint density at radius 3 is 2.81 bits per heavy atom. The lowest BCUT2D eigenvalue weighted by atomic mass is 9.77. The SMILES string of the molecule is CC1CCCC(CCl)(NC(=O)c2snnc2C(C)(C)C)C1. The number of halogens is 1. The molecule has 0 aliphatic heterocycles. The minimum atomic E-state index is -0.282. The molecular weight excluding hydrogens is 306 g/mol. The van der Waals surface area contributed by atoms with E-state index in [1.807, 2.05) is 20.8 Å². The van der Waals surface area contributed by atoms with Gasteiger partial charge in [-0.2, -0.15) is 0 Å². The lowest BCUT2D eigenvalue weighted by Crippen LogP contribution is -2.52. The van der Waals surface area contributed by atoms with Crippen molar-refractivity contribution in [2.75, 3.05) is 5.88 Å². The van der Waals surface area contributed by atoms with Crippen LogP contribution in [0.1, 0.15) is 68.7 Å². The van der Waals surface area contributed by atoms with Gasteiger partial charge >= 0.3 is 0 Å². The van der Waals surface area contributed by atoms with E-state index in [2.05, 4.69) is 21.8 Å². The van der Waals surface area contributed by atoms with E-state index in [1.54, 1.807) is 0 Å². The molecule has 1 N–H and O–H groups in total. The minimum absolute atomic E-state index is 0.0790. The van der Waals surface area contributed by atoms with Crippen LogP contribution in [-0.2, 0) is 5.41 Å². The van der Waals surface area contributed by atoms with Crippen LogP contribution in [-0.4, -0.2) is 26.9 Å². The summed E-state index contributed by atoms with van der Waals surface area (Å²) < 4.78 is 3.96. The van der Waals surface area contributed by atoms with Crippen molar-refractivity contribution in [1.29, 1.82) is 0 Å². The van der Waals surface area contributed by atoms with Gasteiger partial charge in [0.25, 0.3) is 5.91 Å². The molecule has 1 fully saturated rings. The topological polar surface area (TPSA) is 54.9 Å². The summed E-state index contributed by atoms with van der Waals surface area (Å²) in [5, 5.41) is 7.33. The van der Waals surface area contributed by atoms with Gasteiger partial charge in [-0.3, -0.25) is 4.79 Å². The zero-order chi connectivity index (χ0) is 15.7. The van der Waals surface area contributed by atoms with Crippen LogP contribution < -0.4 is 5.32 Å². The molecule has 4 nitrogen and oxygen atoms in total. The number of aromatic nitrogens is 2. The van der Waals surface area contributed by atoms with Crippen LogP contribution in [0.4, 0.5) is 0 Å². The van der Waals surface area contributed by atoms with Crippen LogP contribution in [0.2, 0.25) is 0 Å². The van der Waals surface area contributed by atoms with Crippen molar-refractivity contribution in [3.05, 3.63) is 10.6 Å². The van der Waals surface area contributed by atoms with Crippen LogP contribution >= 0.6 is 23.1 Å². The second kappa shape index (κ2) is 6.21. The molecule has 21 heavy (non-hydrogen) atoms. The Balaban J connectivity index is 2.19. The number of rotatable bonds is 3. The molecule has 0 bridgehead atoms. The molecule has 2 atom stereocenters. The third-order valence-corrected chi connectivity index (χ3v) is 5.37. The highest BCUT2D eigenvalue weighted by Crippen LogP contribution is 2.34. The largest absolute Gasteiger partial charge is 0.345 e. The van der Waals surface area contributed by atoms with Crippen molar-refractivity contribution in [3.63, 3.8) is 0 Å². The molecule has 1 aliphatic rings. The molecule has 1 amide bonds. The van der Waals surface area contributed by atoms with Gasteiger partial charge in [0.05, 0.1) is 11.2 Å². The van der Waals surface area contributed by atoms with Crippen LogP contribution in [0.15, 0.2) is 0 Å². The van der Waals surface area contributed by atoms with Crippen LogP contribution in [0, 0.1) is 5.92 Å². The van der Waals surface area contributed by atoms with Gasteiger partial charge in [-0.05, 0) is 30.3 Å². The van der Waals surface area contributed by atoms with E-state index in [0.29, 0.717) is 16.7 Å². The maximum Gasteiger partial charge on any atom is 0.265 e. The first-order valence-corrected chi connectivity index (χ1v) is 8.79. The minimum Gasteiger partial charge on any atom is -0.345 e. The molecule has 6 heteroatoms. The highest BCUT2D eigenvalue weighted by atomic mass is 35.5. The molecule has 118 valence electrons. The lowest BCUT2D eigenvalue weighted by Gasteiger charge is -2.39. The smallest absolute Gasteiger partial charge is 0.265 e. The molecule has 1 saturated carbocycles. The van der Waals surface area contributed by atoms with E-state index in [-0.39, 0.29) is 16.9 Å². The number of nitrogens with one attached hydrogen (secondary N) is 1. The van der Waals surface area contributed by atoms with Crippen molar-refractivity contribution in [2.45, 2.75) is 64.3 Å². The number of alkyl halides is 1. The Bertz CT molecular complexity index is 511. The van der Waals surface area contributed by atoms with Gasteiger partial charge in [0, 0.05) is 11.3 Å². The van der Waals surface area contributed by atoms with Gasteiger partial charge in [-0.25, -0.2) is 0 Å². The number of nitrogens with zero attached hydrogens (tertiary/aromatic N) is 2. The fourth-order valence-electron chi connectivity index (χ4n) is 3.06. The Morgan fingerprint density at radius 2 is 2.24 bits per heavy atom. The van der Waals surface area contributed by atoms with E-state index in [4.69, 9.17) is 11.6 Å². The first-order valence-electron chi connectivity index (χ1n) is 7.49. The van der Waals surface area contributed by atoms with Crippen LogP contribution in [0.25, 0.3) is 0 Å². The molecule has 1 aromatic heterocycles. The third-order valence-electron chi connectivity index (χ3n) is 4.13. The lowest BCUT2D eigenvalue weighted by molar-refractivity contribution is 0.0869. The number of hydrogen-bond acceptors (Lipinski definition) is 4. The molecule has 2 unspecified atom stereocenters. The summed E-state index contributed by atoms with van der Waals surface area (Å²) in [7, 11) is 0. The van der Waals surface area contributed by atoms with Gasteiger partial charge in [-0.15, -0.1) is 16.7 Å². The maximum absolute atomic E-state index is 12.7. The molecular formula is C15H24ClN3OS. The highest BCUT2D eigenvalue weighted by molar-refractivity contribution is 7.08. The van der Waals surface area contributed by atoms with E-state index in [1.165, 1.54) is 18.0 Å². The summed E-state index contributed by atoms with van der Waals surface area (Å²) in [4.78, 5) is 13.3. The van der Waals surface area contributed by atoms with Crippen molar-refractivity contribution >= 4 is 29.0 Å². The van der Waals surface area contributed by atoms with Gasteiger partial charge in [-0.1, -0.05) is 45.0 Å². The Hall–Kier alpha value is -0.680. The van der Waals surface area contributed by atoms with Gasteiger partial charge in [0.1, 0.15) is 4.88 Å². The summed E-state index contributed by atoms with van der Waals surface area (Å²) in [5.74, 6) is 0.976. The zero-order valence-corrected chi connectivity index (χ0v) is 14.8. The Morgan fingerprint density at radius 1 is 1.52 bits per heavy atom. The van der Waals surface area contributed by atoms with Crippen molar-refractivity contribution in [3.8, 4) is 0 Å². The van der Waals surface area contributed by atoms with Gasteiger partial charge in [0.15, 0.2) is 0 Å². The predicted octanol–water partition coefficient (Wildman–Crippen LogP) is 3.75. The summed E-state index contributed by atoms with van der Waals surface area (Å²) in [5.41, 5.74) is 0.293. The Labute approximate surface area is 135 Å². The second-order valence-corrected chi connectivity index (χ2v) is 8.29. The average molecular weight is 330 g/mol. The van der Waals surface area contributed by atoms with Gasteiger partial charge in [0.2, 0.25) is 0 Å². The molecule has 2 rings (SSSR count). The molecule has 0 aromatic carbocycles. The first kappa shape index (κ1) is 16.7. The zero-order valence-electron chi connectivity index (χ0n) is 13.2. The number of carbonyl (C=O) groups excluding carboxylic acids is 1. The molecule has 0 radical (unpaired) electrons. The monoisotopic (exact) mass is 329 g/mol. The highest BCUT2D eigenvalue weighted by Gasteiger charge is 2.37. The van der Waals surface area contributed by atoms with E-state index >= 15 is 0 Å². The van der Waals surface area contributed by atoms with E-state index in [9.17, 15) is 4.79 Å². The standard InChI is InChI=1S/C15H24ClN3OS/c1-10-6-5-7-15(8-10,9-16)17-13(20)11-12(14(2,3)4)18-19-21-11/h10H,5-9H2,1-4H3,(H,17,20).